The number of likely N-dealkylation sites (tertiary alicyclic amines) is 1. The molecule has 104 valence electrons. The van der Waals surface area contributed by atoms with Crippen LogP contribution in [0, 0.1) is 0 Å². The third-order valence-electron chi connectivity index (χ3n) is 3.63. The van der Waals surface area contributed by atoms with Gasteiger partial charge < -0.3 is 16.4 Å². The van der Waals surface area contributed by atoms with E-state index in [9.17, 15) is 9.59 Å². The van der Waals surface area contributed by atoms with Gasteiger partial charge in [0.1, 0.15) is 6.04 Å². The van der Waals surface area contributed by atoms with Gasteiger partial charge in [-0.3, -0.25) is 14.7 Å². The average molecular weight is 273 g/mol. The molecule has 3 rings (SSSR count). The molecule has 7 heteroatoms. The molecule has 1 aliphatic rings. The topological polar surface area (TPSA) is 118 Å². The largest absolute Gasteiger partial charge is 0.399 e. The number of carbonyl (C=O) groups excluding carboxylic acids is 2. The number of H-pyrrole nitrogens is 1. The molecule has 2 heterocycles. The van der Waals surface area contributed by atoms with Crippen LogP contribution in [0.1, 0.15) is 23.3 Å². The lowest BCUT2D eigenvalue weighted by Crippen LogP contribution is -2.43. The van der Waals surface area contributed by atoms with E-state index in [4.69, 9.17) is 11.5 Å². The molecule has 5 N–H and O–H groups in total. The fourth-order valence-electron chi connectivity index (χ4n) is 2.64. The Morgan fingerprint density at radius 2 is 2.20 bits per heavy atom. The molecule has 1 fully saturated rings. The molecule has 0 spiro atoms. The van der Waals surface area contributed by atoms with Gasteiger partial charge in [-0.25, -0.2) is 0 Å². The number of nitrogens with two attached hydrogens (primary N) is 2. The summed E-state index contributed by atoms with van der Waals surface area (Å²) in [7, 11) is 0. The average Bonchev–Trinajstić information content (AvgIpc) is 3.04. The van der Waals surface area contributed by atoms with Gasteiger partial charge in [-0.2, -0.15) is 5.10 Å². The molecule has 1 saturated heterocycles. The highest BCUT2D eigenvalue weighted by molar-refractivity contribution is 6.06. The predicted molar refractivity (Wildman–Crippen MR) is 73.8 cm³/mol. The Hall–Kier alpha value is -2.57. The van der Waals surface area contributed by atoms with Gasteiger partial charge in [-0.1, -0.05) is 0 Å². The second-order valence-corrected chi connectivity index (χ2v) is 4.94. The summed E-state index contributed by atoms with van der Waals surface area (Å²) >= 11 is 0. The first-order chi connectivity index (χ1) is 9.58. The van der Waals surface area contributed by atoms with Crippen LogP contribution in [0.15, 0.2) is 18.2 Å². The van der Waals surface area contributed by atoms with Crippen molar-refractivity contribution in [3.8, 4) is 0 Å². The number of hydrogen-bond acceptors (Lipinski definition) is 4. The highest BCUT2D eigenvalue weighted by atomic mass is 16.2. The number of hydrogen-bond donors (Lipinski definition) is 3. The maximum atomic E-state index is 12.5. The molecule has 1 atom stereocenters. The Morgan fingerprint density at radius 3 is 2.95 bits per heavy atom. The molecule has 7 nitrogen and oxygen atoms in total. The van der Waals surface area contributed by atoms with Gasteiger partial charge in [0.2, 0.25) is 5.91 Å². The monoisotopic (exact) mass is 273 g/mol. The number of rotatable bonds is 2. The fourth-order valence-corrected chi connectivity index (χ4v) is 2.64. The van der Waals surface area contributed by atoms with Crippen molar-refractivity contribution in [3.05, 3.63) is 23.9 Å². The normalized spacial score (nSPS) is 18.6. The minimum atomic E-state index is -0.546. The Balaban J connectivity index is 2.00. The highest BCUT2D eigenvalue weighted by Gasteiger charge is 2.34. The highest BCUT2D eigenvalue weighted by Crippen LogP contribution is 2.24. The standard InChI is InChI=1S/C13H15N5O2/c14-7-3-4-9-8(6-7)11(17-16-9)13(20)18-5-1-2-10(18)12(15)19/h3-4,6,10H,1-2,5,14H2,(H2,15,19)(H,16,17). The van der Waals surface area contributed by atoms with Crippen LogP contribution in [0.3, 0.4) is 0 Å². The number of aromatic nitrogens is 2. The third kappa shape index (κ3) is 1.87. The van der Waals surface area contributed by atoms with E-state index in [-0.39, 0.29) is 11.6 Å². The number of carbonyl (C=O) groups is 2. The predicted octanol–water partition coefficient (Wildman–Crippen LogP) is 0.235. The second kappa shape index (κ2) is 4.52. The van der Waals surface area contributed by atoms with E-state index in [1.807, 2.05) is 0 Å². The summed E-state index contributed by atoms with van der Waals surface area (Å²) < 4.78 is 0. The molecule has 20 heavy (non-hydrogen) atoms. The fraction of sp³-hybridized carbons (Fsp3) is 0.308. The number of nitrogen functional groups attached to an aromatic ring is 1. The van der Waals surface area contributed by atoms with Crippen molar-refractivity contribution in [2.45, 2.75) is 18.9 Å². The number of amides is 2. The SMILES string of the molecule is NC(=O)C1CCCN1C(=O)c1n[nH]c2ccc(N)cc12. The number of fused-ring (bicyclic) bond motifs is 1. The van der Waals surface area contributed by atoms with Crippen molar-refractivity contribution in [1.29, 1.82) is 0 Å². The van der Waals surface area contributed by atoms with E-state index >= 15 is 0 Å². The van der Waals surface area contributed by atoms with Crippen LogP contribution in [0.2, 0.25) is 0 Å². The van der Waals surface area contributed by atoms with Gasteiger partial charge in [-0.15, -0.1) is 0 Å². The van der Waals surface area contributed by atoms with Gasteiger partial charge in [0.25, 0.3) is 5.91 Å². The van der Waals surface area contributed by atoms with E-state index in [1.165, 1.54) is 4.90 Å². The molecule has 2 aromatic rings. The Bertz CT molecular complexity index is 693. The minimum Gasteiger partial charge on any atom is -0.399 e. The Labute approximate surface area is 114 Å². The molecule has 0 saturated carbocycles. The molecule has 1 aliphatic heterocycles. The number of nitrogens with one attached hydrogen (secondary N) is 1. The summed E-state index contributed by atoms with van der Waals surface area (Å²) in [6.45, 7) is 0.517. The molecular formula is C13H15N5O2. The number of anilines is 1. The zero-order valence-electron chi connectivity index (χ0n) is 10.8. The van der Waals surface area contributed by atoms with Crippen LogP contribution >= 0.6 is 0 Å². The lowest BCUT2D eigenvalue weighted by molar-refractivity contribution is -0.121. The lowest BCUT2D eigenvalue weighted by Gasteiger charge is -2.21. The van der Waals surface area contributed by atoms with E-state index in [0.717, 1.165) is 11.9 Å². The number of nitrogens with zero attached hydrogens (tertiary/aromatic N) is 2. The smallest absolute Gasteiger partial charge is 0.275 e. The minimum absolute atomic E-state index is 0.278. The Morgan fingerprint density at radius 1 is 1.40 bits per heavy atom. The van der Waals surface area contributed by atoms with Crippen molar-refractivity contribution in [3.63, 3.8) is 0 Å². The summed E-state index contributed by atoms with van der Waals surface area (Å²) in [5, 5.41) is 7.50. The molecule has 1 unspecified atom stereocenters. The molecule has 2 amide bonds. The summed E-state index contributed by atoms with van der Waals surface area (Å²) in [5.41, 5.74) is 12.6. The van der Waals surface area contributed by atoms with E-state index in [2.05, 4.69) is 10.2 Å². The molecular weight excluding hydrogens is 258 g/mol. The number of benzene rings is 1. The molecule has 0 aliphatic carbocycles. The lowest BCUT2D eigenvalue weighted by atomic mass is 10.1. The summed E-state index contributed by atoms with van der Waals surface area (Å²) in [6.07, 6.45) is 1.37. The van der Waals surface area contributed by atoms with E-state index < -0.39 is 11.9 Å². The molecule has 0 bridgehead atoms. The summed E-state index contributed by atoms with van der Waals surface area (Å²) in [5.74, 6) is -0.765. The van der Waals surface area contributed by atoms with Crippen LogP contribution in [-0.2, 0) is 4.79 Å². The second-order valence-electron chi connectivity index (χ2n) is 4.94. The first-order valence-corrected chi connectivity index (χ1v) is 6.42. The van der Waals surface area contributed by atoms with E-state index in [1.54, 1.807) is 18.2 Å². The van der Waals surface area contributed by atoms with Crippen molar-refractivity contribution in [2.24, 2.45) is 5.73 Å². The van der Waals surface area contributed by atoms with Gasteiger partial charge in [-0.05, 0) is 31.0 Å². The maximum absolute atomic E-state index is 12.5. The first-order valence-electron chi connectivity index (χ1n) is 6.42. The number of primary amides is 1. The van der Waals surface area contributed by atoms with Gasteiger partial charge in [0.05, 0.1) is 5.52 Å². The van der Waals surface area contributed by atoms with Crippen LogP contribution < -0.4 is 11.5 Å². The van der Waals surface area contributed by atoms with Crippen molar-refractivity contribution < 1.29 is 9.59 Å². The summed E-state index contributed by atoms with van der Waals surface area (Å²) in [4.78, 5) is 25.4. The maximum Gasteiger partial charge on any atom is 0.275 e. The van der Waals surface area contributed by atoms with Gasteiger partial charge in [0, 0.05) is 17.6 Å². The van der Waals surface area contributed by atoms with Crippen molar-refractivity contribution >= 4 is 28.4 Å². The quantitative estimate of drug-likeness (QED) is 0.679. The van der Waals surface area contributed by atoms with Gasteiger partial charge >= 0.3 is 0 Å². The molecule has 0 radical (unpaired) electrons. The van der Waals surface area contributed by atoms with Gasteiger partial charge in [0.15, 0.2) is 5.69 Å². The van der Waals surface area contributed by atoms with Crippen LogP contribution in [0.4, 0.5) is 5.69 Å². The van der Waals surface area contributed by atoms with Crippen LogP contribution in [0.25, 0.3) is 10.9 Å². The third-order valence-corrected chi connectivity index (χ3v) is 3.63. The first kappa shape index (κ1) is 12.5. The molecule has 1 aromatic carbocycles. The van der Waals surface area contributed by atoms with Crippen molar-refractivity contribution in [2.75, 3.05) is 12.3 Å². The zero-order valence-corrected chi connectivity index (χ0v) is 10.8. The zero-order chi connectivity index (χ0) is 14.3. The Kier molecular flexibility index (Phi) is 2.81. The number of aromatic amines is 1. The van der Waals surface area contributed by atoms with E-state index in [0.29, 0.717) is 24.0 Å². The summed E-state index contributed by atoms with van der Waals surface area (Å²) in [6, 6.07) is 4.65. The van der Waals surface area contributed by atoms with Crippen molar-refractivity contribution in [1.82, 2.24) is 15.1 Å². The molecule has 1 aromatic heterocycles. The van der Waals surface area contributed by atoms with Crippen LogP contribution in [0.5, 0.6) is 0 Å². The van der Waals surface area contributed by atoms with Crippen LogP contribution in [-0.4, -0.2) is 39.5 Å².